The van der Waals surface area contributed by atoms with Gasteiger partial charge in [-0.3, -0.25) is 9.36 Å². The molecule has 0 radical (unpaired) electrons. The molecule has 11 heteroatoms. The van der Waals surface area contributed by atoms with Gasteiger partial charge in [0.1, 0.15) is 23.8 Å². The average molecular weight is 416 g/mol. The molecule has 0 spiro atoms. The number of nitrogens with two attached hydrogens (primary N) is 1. The van der Waals surface area contributed by atoms with Gasteiger partial charge in [-0.2, -0.15) is 4.98 Å². The van der Waals surface area contributed by atoms with E-state index in [1.54, 1.807) is 10.6 Å². The van der Waals surface area contributed by atoms with Crippen LogP contribution in [0.2, 0.25) is 0 Å². The van der Waals surface area contributed by atoms with Gasteiger partial charge in [-0.15, -0.1) is 0 Å². The molecule has 0 aliphatic rings. The minimum Gasteiger partial charge on any atom is -0.387 e. The van der Waals surface area contributed by atoms with E-state index in [2.05, 4.69) is 30.6 Å². The molecular weight excluding hydrogens is 391 g/mol. The van der Waals surface area contributed by atoms with E-state index in [1.807, 2.05) is 13.8 Å². The van der Waals surface area contributed by atoms with Crippen molar-refractivity contribution in [3.05, 3.63) is 30.4 Å². The monoisotopic (exact) mass is 416 g/mol. The predicted molar refractivity (Wildman–Crippen MR) is 111 cm³/mol. The number of carbonyl (C=O) groups excluding carboxylic acids is 1. The molecule has 3 heterocycles. The molecule has 3 aromatic heterocycles. The second kappa shape index (κ2) is 8.19. The van der Waals surface area contributed by atoms with E-state index in [1.165, 1.54) is 32.6 Å². The Hall–Kier alpha value is -3.34. The lowest BCUT2D eigenvalue weighted by Gasteiger charge is -2.23. The molecule has 3 rings (SSSR count). The molecular formula is C19H25FN8O2. The van der Waals surface area contributed by atoms with Crippen LogP contribution in [0.4, 0.5) is 16.0 Å². The number of nitrogens with one attached hydrogen (secondary N) is 2. The maximum Gasteiger partial charge on any atom is 0.255 e. The van der Waals surface area contributed by atoms with Crippen molar-refractivity contribution in [2.75, 3.05) is 17.6 Å². The first kappa shape index (κ1) is 21.4. The van der Waals surface area contributed by atoms with E-state index in [0.717, 1.165) is 0 Å². The summed E-state index contributed by atoms with van der Waals surface area (Å²) in [5, 5.41) is 15.4. The Morgan fingerprint density at radius 3 is 2.70 bits per heavy atom. The summed E-state index contributed by atoms with van der Waals surface area (Å²) in [5.41, 5.74) is 5.91. The molecule has 3 aromatic rings. The molecule has 0 aliphatic carbocycles. The summed E-state index contributed by atoms with van der Waals surface area (Å²) >= 11 is 0. The number of aromatic nitrogens is 5. The SMILES string of the molecule is CC(C)Nc1cc(-n2cnc3cnc(N)nc32)ncc1C(=O)NC[C@@H](F)C(C)(C)O. The van der Waals surface area contributed by atoms with Crippen LogP contribution >= 0.6 is 0 Å². The Morgan fingerprint density at radius 2 is 2.03 bits per heavy atom. The quantitative estimate of drug-likeness (QED) is 0.453. The highest BCUT2D eigenvalue weighted by molar-refractivity contribution is 5.99. The lowest BCUT2D eigenvalue weighted by atomic mass is 10.0. The molecule has 0 unspecified atom stereocenters. The van der Waals surface area contributed by atoms with Gasteiger partial charge in [0, 0.05) is 18.3 Å². The second-order valence-electron chi connectivity index (χ2n) is 7.77. The molecule has 0 aliphatic heterocycles. The number of anilines is 2. The summed E-state index contributed by atoms with van der Waals surface area (Å²) in [7, 11) is 0. The number of fused-ring (bicyclic) bond motifs is 1. The normalized spacial score (nSPS) is 12.9. The number of aliphatic hydroxyl groups is 1. The van der Waals surface area contributed by atoms with Crippen molar-refractivity contribution in [2.45, 2.75) is 45.5 Å². The third kappa shape index (κ3) is 4.62. The van der Waals surface area contributed by atoms with Gasteiger partial charge in [-0.1, -0.05) is 0 Å². The van der Waals surface area contributed by atoms with Crippen LogP contribution in [0.5, 0.6) is 0 Å². The zero-order valence-electron chi connectivity index (χ0n) is 17.2. The van der Waals surface area contributed by atoms with Crippen molar-refractivity contribution in [3.8, 4) is 5.82 Å². The van der Waals surface area contributed by atoms with Crippen LogP contribution in [0.15, 0.2) is 24.8 Å². The van der Waals surface area contributed by atoms with E-state index in [9.17, 15) is 14.3 Å². The molecule has 0 fully saturated rings. The highest BCUT2D eigenvalue weighted by Crippen LogP contribution is 2.22. The molecule has 0 saturated carbocycles. The van der Waals surface area contributed by atoms with E-state index in [-0.39, 0.29) is 24.1 Å². The minimum atomic E-state index is -1.61. The van der Waals surface area contributed by atoms with Gasteiger partial charge in [0.05, 0.1) is 29.6 Å². The zero-order valence-corrected chi connectivity index (χ0v) is 17.2. The van der Waals surface area contributed by atoms with Gasteiger partial charge >= 0.3 is 0 Å². The van der Waals surface area contributed by atoms with Crippen LogP contribution in [0.1, 0.15) is 38.1 Å². The Kier molecular flexibility index (Phi) is 5.83. The van der Waals surface area contributed by atoms with E-state index < -0.39 is 17.7 Å². The molecule has 30 heavy (non-hydrogen) atoms. The lowest BCUT2D eigenvalue weighted by Crippen LogP contribution is -2.42. The second-order valence-corrected chi connectivity index (χ2v) is 7.77. The third-order valence-corrected chi connectivity index (χ3v) is 4.34. The van der Waals surface area contributed by atoms with Gasteiger partial charge < -0.3 is 21.5 Å². The Labute approximate surface area is 172 Å². The topological polar surface area (TPSA) is 144 Å². The standard InChI is InChI=1S/C19H25FN8O2/c1-10(2)26-12-5-15(28-9-25-13-7-24-18(21)27-16(13)28)22-6-11(12)17(29)23-8-14(20)19(3,4)30/h5-7,9-10,14,30H,8H2,1-4H3,(H,22,26)(H,23,29)(H2,21,24,27)/t14-/m1/s1. The van der Waals surface area contributed by atoms with Crippen LogP contribution < -0.4 is 16.4 Å². The number of carbonyl (C=O) groups is 1. The van der Waals surface area contributed by atoms with Crippen molar-refractivity contribution < 1.29 is 14.3 Å². The predicted octanol–water partition coefficient (Wildman–Crippen LogP) is 1.45. The third-order valence-electron chi connectivity index (χ3n) is 4.34. The van der Waals surface area contributed by atoms with Crippen LogP contribution in [-0.4, -0.2) is 59.9 Å². The Bertz CT molecular complexity index is 1060. The number of hydrogen-bond donors (Lipinski definition) is 4. The molecule has 1 atom stereocenters. The molecule has 10 nitrogen and oxygen atoms in total. The molecule has 5 N–H and O–H groups in total. The number of pyridine rings is 1. The number of amides is 1. The van der Waals surface area contributed by atoms with Crippen LogP contribution in [-0.2, 0) is 0 Å². The summed E-state index contributed by atoms with van der Waals surface area (Å²) in [4.78, 5) is 29.3. The van der Waals surface area contributed by atoms with Crippen LogP contribution in [0, 0.1) is 0 Å². The number of nitrogen functional groups attached to an aromatic ring is 1. The van der Waals surface area contributed by atoms with Crippen molar-refractivity contribution in [1.82, 2.24) is 29.8 Å². The number of halogens is 1. The maximum absolute atomic E-state index is 14.0. The van der Waals surface area contributed by atoms with E-state index >= 15 is 0 Å². The zero-order chi connectivity index (χ0) is 22.1. The Balaban J connectivity index is 1.93. The first-order valence-electron chi connectivity index (χ1n) is 9.43. The molecule has 0 aromatic carbocycles. The number of nitrogens with zero attached hydrogens (tertiary/aromatic N) is 5. The highest BCUT2D eigenvalue weighted by atomic mass is 19.1. The van der Waals surface area contributed by atoms with Crippen molar-refractivity contribution in [1.29, 1.82) is 0 Å². The fourth-order valence-electron chi connectivity index (χ4n) is 2.71. The summed E-state index contributed by atoms with van der Waals surface area (Å²) in [6.07, 6.45) is 2.83. The highest BCUT2D eigenvalue weighted by Gasteiger charge is 2.27. The van der Waals surface area contributed by atoms with Crippen molar-refractivity contribution >= 4 is 28.7 Å². The van der Waals surface area contributed by atoms with Gasteiger partial charge in [0.2, 0.25) is 5.95 Å². The van der Waals surface area contributed by atoms with Crippen LogP contribution in [0.3, 0.4) is 0 Å². The molecule has 0 saturated heterocycles. The molecule has 0 bridgehead atoms. The molecule has 1 amide bonds. The van der Waals surface area contributed by atoms with E-state index in [0.29, 0.717) is 22.7 Å². The fraction of sp³-hybridized carbons (Fsp3) is 0.421. The largest absolute Gasteiger partial charge is 0.387 e. The summed E-state index contributed by atoms with van der Waals surface area (Å²) < 4.78 is 15.6. The van der Waals surface area contributed by atoms with Crippen molar-refractivity contribution in [2.24, 2.45) is 0 Å². The first-order valence-corrected chi connectivity index (χ1v) is 9.43. The Morgan fingerprint density at radius 1 is 1.30 bits per heavy atom. The number of rotatable bonds is 7. The average Bonchev–Trinajstić information content (AvgIpc) is 3.07. The summed E-state index contributed by atoms with van der Waals surface area (Å²) in [6, 6.07) is 1.70. The number of imidazole rings is 1. The first-order chi connectivity index (χ1) is 14.1. The summed E-state index contributed by atoms with van der Waals surface area (Å²) in [6.45, 7) is 6.21. The number of hydrogen-bond acceptors (Lipinski definition) is 8. The van der Waals surface area contributed by atoms with E-state index in [4.69, 9.17) is 5.73 Å². The van der Waals surface area contributed by atoms with Gasteiger partial charge in [0.15, 0.2) is 5.65 Å². The van der Waals surface area contributed by atoms with Gasteiger partial charge in [-0.05, 0) is 27.7 Å². The van der Waals surface area contributed by atoms with Gasteiger partial charge in [-0.25, -0.2) is 19.3 Å². The van der Waals surface area contributed by atoms with Crippen molar-refractivity contribution in [3.63, 3.8) is 0 Å². The minimum absolute atomic E-state index is 0.0228. The molecule has 160 valence electrons. The number of alkyl halides is 1. The fourth-order valence-corrected chi connectivity index (χ4v) is 2.71. The maximum atomic E-state index is 14.0. The van der Waals surface area contributed by atoms with Crippen LogP contribution in [0.25, 0.3) is 17.0 Å². The summed E-state index contributed by atoms with van der Waals surface area (Å²) in [5.74, 6) is 0.0645. The van der Waals surface area contributed by atoms with Gasteiger partial charge in [0.25, 0.3) is 5.91 Å². The lowest BCUT2D eigenvalue weighted by molar-refractivity contribution is -0.00177. The smallest absolute Gasteiger partial charge is 0.255 e.